The molecule has 0 saturated carbocycles. The van der Waals surface area contributed by atoms with Crippen molar-refractivity contribution in [2.75, 3.05) is 0 Å². The van der Waals surface area contributed by atoms with Crippen molar-refractivity contribution in [3.05, 3.63) is 182 Å². The Morgan fingerprint density at radius 2 is 1.02 bits per heavy atom. The van der Waals surface area contributed by atoms with E-state index in [9.17, 15) is 0 Å². The molecule has 0 saturated heterocycles. The number of rotatable bonds is 3. The number of fused-ring (bicyclic) bond motifs is 10. The van der Waals surface area contributed by atoms with Crippen LogP contribution in [-0.2, 0) is 0 Å². The Morgan fingerprint density at radius 1 is 0.390 bits per heavy atom. The van der Waals surface area contributed by atoms with Crippen LogP contribution in [0.5, 0.6) is 0 Å². The van der Waals surface area contributed by atoms with Crippen LogP contribution in [0.2, 0.25) is 0 Å². The largest absolute Gasteiger partial charge is 0.309 e. The number of para-hydroxylation sites is 1. The summed E-state index contributed by atoms with van der Waals surface area (Å²) in [6, 6.07) is 66.4. The molecule has 0 atom stereocenters. The van der Waals surface area contributed by atoms with Crippen LogP contribution in [0.15, 0.2) is 182 Å². The van der Waals surface area contributed by atoms with Gasteiger partial charge in [-0.05, 0) is 74.8 Å². The maximum absolute atomic E-state index is 5.68. The van der Waals surface area contributed by atoms with Crippen LogP contribution < -0.4 is 0 Å². The van der Waals surface area contributed by atoms with Gasteiger partial charge in [0.05, 0.1) is 27.8 Å². The van der Waals surface area contributed by atoms with Crippen LogP contribution in [0.4, 0.5) is 0 Å². The van der Waals surface area contributed by atoms with Gasteiger partial charge in [-0.2, -0.15) is 0 Å². The highest BCUT2D eigenvalue weighted by atomic mass is 32.1. The van der Waals surface area contributed by atoms with Crippen molar-refractivity contribution in [2.45, 2.75) is 0 Å². The van der Waals surface area contributed by atoms with Gasteiger partial charge < -0.3 is 4.57 Å². The predicted molar refractivity (Wildman–Crippen MR) is 248 cm³/mol. The highest BCUT2D eigenvalue weighted by Gasteiger charge is 2.27. The SMILES string of the molecule is c1ccc(-n2c3cc(-c4nc(-n5c6cccc7c6c6c(cccc65)-c5cccc6cccc-7c56)nc5sc6ccccc6c45)ccc3c3ccc4ccccc4c32)cc1. The second-order valence-electron chi connectivity index (χ2n) is 15.7. The second-order valence-corrected chi connectivity index (χ2v) is 16.7. The van der Waals surface area contributed by atoms with Crippen LogP contribution >= 0.6 is 11.3 Å². The van der Waals surface area contributed by atoms with Gasteiger partial charge >= 0.3 is 0 Å². The Labute approximate surface area is 341 Å². The molecular formula is C54H30N4S. The first-order valence-electron chi connectivity index (χ1n) is 20.1. The summed E-state index contributed by atoms with van der Waals surface area (Å²) in [5.41, 5.74) is 12.7. The predicted octanol–water partition coefficient (Wildman–Crippen LogP) is 14.7. The average Bonchev–Trinajstić information content (AvgIpc) is 3.93. The minimum atomic E-state index is 0.676. The van der Waals surface area contributed by atoms with E-state index in [0.29, 0.717) is 5.95 Å². The molecule has 0 N–H and O–H groups in total. The zero-order valence-corrected chi connectivity index (χ0v) is 32.3. The fourth-order valence-corrected chi connectivity index (χ4v) is 11.3. The molecule has 0 radical (unpaired) electrons. The third-order valence-electron chi connectivity index (χ3n) is 12.7. The Hall–Kier alpha value is -7.60. The second kappa shape index (κ2) is 11.5. The standard InChI is InChI=1S/C54H30N4S/c1-2-15-34(16-3-1)57-45-30-33(27-28-36(45)41-29-26-31-12-4-5-17-35(31)52(41)57)51-50-42-18-6-7-25-46(42)59-53(50)56-54(55-51)58-43-23-10-21-39-37-19-8-13-32-14-9-20-38(47(32)37)40-22-11-24-44(58)49(40)48(39)43/h1-30H. The Kier molecular flexibility index (Phi) is 6.14. The summed E-state index contributed by atoms with van der Waals surface area (Å²) in [5, 5.41) is 12.2. The van der Waals surface area contributed by atoms with Crippen molar-refractivity contribution in [1.29, 1.82) is 0 Å². The van der Waals surface area contributed by atoms with Crippen LogP contribution in [0.3, 0.4) is 0 Å². The molecule has 1 aliphatic carbocycles. The molecule has 0 bridgehead atoms. The van der Waals surface area contributed by atoms with E-state index < -0.39 is 0 Å². The van der Waals surface area contributed by atoms with Crippen LogP contribution in [0.25, 0.3) is 131 Å². The highest BCUT2D eigenvalue weighted by molar-refractivity contribution is 7.25. The maximum atomic E-state index is 5.68. The summed E-state index contributed by atoms with van der Waals surface area (Å²) in [5.74, 6) is 0.676. The van der Waals surface area contributed by atoms with Crippen molar-refractivity contribution < 1.29 is 0 Å². The number of hydrogen-bond donors (Lipinski definition) is 0. The molecule has 0 amide bonds. The van der Waals surface area contributed by atoms with Crippen LogP contribution in [-0.4, -0.2) is 19.1 Å². The molecular weight excluding hydrogens is 737 g/mol. The monoisotopic (exact) mass is 766 g/mol. The third-order valence-corrected chi connectivity index (χ3v) is 13.7. The molecule has 59 heavy (non-hydrogen) atoms. The zero-order chi connectivity index (χ0) is 38.3. The van der Waals surface area contributed by atoms with E-state index in [1.54, 1.807) is 11.3 Å². The molecule has 0 fully saturated rings. The smallest absolute Gasteiger partial charge is 0.236 e. The van der Waals surface area contributed by atoms with Crippen LogP contribution in [0, 0.1) is 0 Å². The molecule has 9 aromatic carbocycles. The van der Waals surface area contributed by atoms with E-state index in [1.165, 1.54) is 80.9 Å². The summed E-state index contributed by atoms with van der Waals surface area (Å²) in [7, 11) is 0. The summed E-state index contributed by atoms with van der Waals surface area (Å²) in [4.78, 5) is 12.2. The van der Waals surface area contributed by atoms with Crippen molar-refractivity contribution in [2.24, 2.45) is 0 Å². The molecule has 4 nitrogen and oxygen atoms in total. The van der Waals surface area contributed by atoms with Gasteiger partial charge in [-0.1, -0.05) is 146 Å². The van der Waals surface area contributed by atoms with Gasteiger partial charge in [0.15, 0.2) is 0 Å². The van der Waals surface area contributed by atoms with Gasteiger partial charge in [0.1, 0.15) is 4.83 Å². The average molecular weight is 767 g/mol. The fraction of sp³-hybridized carbons (Fsp3) is 0. The van der Waals surface area contributed by atoms with Crippen molar-refractivity contribution in [3.8, 4) is 45.1 Å². The molecule has 4 heterocycles. The summed E-state index contributed by atoms with van der Waals surface area (Å²) in [6.07, 6.45) is 0. The minimum absolute atomic E-state index is 0.676. The van der Waals surface area contributed by atoms with Crippen molar-refractivity contribution in [3.63, 3.8) is 0 Å². The van der Waals surface area contributed by atoms with E-state index >= 15 is 0 Å². The van der Waals surface area contributed by atoms with E-state index in [0.717, 1.165) is 43.7 Å². The molecule has 14 rings (SSSR count). The normalized spacial score (nSPS) is 12.4. The lowest BCUT2D eigenvalue weighted by Crippen LogP contribution is -2.03. The van der Waals surface area contributed by atoms with E-state index in [2.05, 4.69) is 191 Å². The topological polar surface area (TPSA) is 35.6 Å². The molecule has 1 aliphatic rings. The zero-order valence-electron chi connectivity index (χ0n) is 31.5. The number of aromatic nitrogens is 4. The van der Waals surface area contributed by atoms with E-state index in [4.69, 9.17) is 9.97 Å². The van der Waals surface area contributed by atoms with E-state index in [-0.39, 0.29) is 0 Å². The summed E-state index contributed by atoms with van der Waals surface area (Å²) >= 11 is 1.74. The molecule has 13 aromatic rings. The highest BCUT2D eigenvalue weighted by Crippen LogP contribution is 2.50. The first kappa shape index (κ1) is 31.5. The van der Waals surface area contributed by atoms with Gasteiger partial charge in [-0.3, -0.25) is 4.57 Å². The Balaban J connectivity index is 1.10. The molecule has 272 valence electrons. The third kappa shape index (κ3) is 4.16. The Morgan fingerprint density at radius 3 is 1.78 bits per heavy atom. The lowest BCUT2D eigenvalue weighted by molar-refractivity contribution is 1.02. The number of benzene rings is 9. The first-order valence-corrected chi connectivity index (χ1v) is 20.9. The first-order chi connectivity index (χ1) is 29.3. The quantitative estimate of drug-likeness (QED) is 0.180. The Bertz CT molecular complexity index is 3870. The molecule has 4 aromatic heterocycles. The number of thiophene rings is 1. The summed E-state index contributed by atoms with van der Waals surface area (Å²) < 4.78 is 5.95. The molecule has 0 unspecified atom stereocenters. The van der Waals surface area contributed by atoms with E-state index in [1.807, 2.05) is 0 Å². The van der Waals surface area contributed by atoms with Gasteiger partial charge in [-0.25, -0.2) is 9.97 Å². The van der Waals surface area contributed by atoms with Crippen LogP contribution in [0.1, 0.15) is 0 Å². The molecule has 0 spiro atoms. The minimum Gasteiger partial charge on any atom is -0.309 e. The van der Waals surface area contributed by atoms with Crippen molar-refractivity contribution >= 4 is 96.8 Å². The molecule has 0 aliphatic heterocycles. The van der Waals surface area contributed by atoms with Crippen molar-refractivity contribution in [1.82, 2.24) is 19.1 Å². The fourth-order valence-electron chi connectivity index (χ4n) is 10.3. The summed E-state index contributed by atoms with van der Waals surface area (Å²) in [6.45, 7) is 0. The lowest BCUT2D eigenvalue weighted by atomic mass is 9.93. The molecule has 5 heteroatoms. The van der Waals surface area contributed by atoms with Gasteiger partial charge in [0.2, 0.25) is 5.95 Å². The maximum Gasteiger partial charge on any atom is 0.236 e. The number of hydrogen-bond acceptors (Lipinski definition) is 3. The van der Waals surface area contributed by atoms with Gasteiger partial charge in [0.25, 0.3) is 0 Å². The lowest BCUT2D eigenvalue weighted by Gasteiger charge is -2.14. The van der Waals surface area contributed by atoms with Gasteiger partial charge in [-0.15, -0.1) is 11.3 Å². The number of nitrogens with zero attached hydrogens (tertiary/aromatic N) is 4. The van der Waals surface area contributed by atoms with Gasteiger partial charge in [0, 0.05) is 53.7 Å².